The Labute approximate surface area is 122 Å². The lowest BCUT2D eigenvalue weighted by Crippen LogP contribution is -2.31. The average molecular weight is 275 g/mol. The smallest absolute Gasteiger partial charge is 0.129 e. The van der Waals surface area contributed by atoms with Crippen molar-refractivity contribution in [3.05, 3.63) is 34.6 Å². The third kappa shape index (κ3) is 2.39. The number of nitrogens with one attached hydrogen (secondary N) is 1. The molecule has 2 bridgehead atoms. The van der Waals surface area contributed by atoms with Crippen LogP contribution in [-0.2, 0) is 0 Å². The fourth-order valence-corrected chi connectivity index (χ4v) is 4.60. The number of hydrogen-bond acceptors (Lipinski definition) is 1. The fraction of sp³-hybridized carbons (Fsp3) is 0.667. The highest BCUT2D eigenvalue weighted by Crippen LogP contribution is 2.52. The number of fused-ring (bicyclic) bond motifs is 2. The molecule has 0 saturated heterocycles. The van der Waals surface area contributed by atoms with Crippen LogP contribution in [0.4, 0.5) is 4.39 Å². The van der Waals surface area contributed by atoms with Gasteiger partial charge >= 0.3 is 0 Å². The Hall–Kier alpha value is -0.890. The van der Waals surface area contributed by atoms with E-state index in [2.05, 4.69) is 24.4 Å². The lowest BCUT2D eigenvalue weighted by Gasteiger charge is -2.32. The van der Waals surface area contributed by atoms with E-state index in [9.17, 15) is 4.39 Å². The lowest BCUT2D eigenvalue weighted by atomic mass is 9.80. The molecule has 20 heavy (non-hydrogen) atoms. The van der Waals surface area contributed by atoms with Crippen LogP contribution >= 0.6 is 0 Å². The van der Waals surface area contributed by atoms with E-state index in [4.69, 9.17) is 0 Å². The number of aryl methyl sites for hydroxylation is 2. The van der Waals surface area contributed by atoms with E-state index in [-0.39, 0.29) is 5.82 Å². The SMILES string of the molecule is CCNC(c1cc(C)c(F)c(C)c1)C1CC2CCC1C2. The predicted octanol–water partition coefficient (Wildman–Crippen LogP) is 4.53. The van der Waals surface area contributed by atoms with Crippen molar-refractivity contribution in [1.29, 1.82) is 0 Å². The van der Waals surface area contributed by atoms with Gasteiger partial charge in [-0.15, -0.1) is 0 Å². The standard InChI is InChI=1S/C18H26FN/c1-4-20-18(16-10-13-5-6-14(16)9-13)15-7-11(2)17(19)12(3)8-15/h7-8,13-14,16,18,20H,4-6,9-10H2,1-3H3. The van der Waals surface area contributed by atoms with Crippen LogP contribution in [0, 0.1) is 37.4 Å². The maximum absolute atomic E-state index is 13.9. The first-order valence-corrected chi connectivity index (χ1v) is 8.10. The molecule has 0 spiro atoms. The monoisotopic (exact) mass is 275 g/mol. The van der Waals surface area contributed by atoms with Crippen LogP contribution in [0.3, 0.4) is 0 Å². The van der Waals surface area contributed by atoms with Gasteiger partial charge in [0.05, 0.1) is 0 Å². The average Bonchev–Trinajstić information content (AvgIpc) is 3.04. The van der Waals surface area contributed by atoms with Crippen LogP contribution in [0.5, 0.6) is 0 Å². The molecular formula is C18H26FN. The summed E-state index contributed by atoms with van der Waals surface area (Å²) in [7, 11) is 0. The second kappa shape index (κ2) is 5.48. The Kier molecular flexibility index (Phi) is 3.85. The Balaban J connectivity index is 1.90. The first-order chi connectivity index (χ1) is 9.60. The van der Waals surface area contributed by atoms with Gasteiger partial charge in [0.2, 0.25) is 0 Å². The van der Waals surface area contributed by atoms with Crippen molar-refractivity contribution in [2.75, 3.05) is 6.54 Å². The molecule has 2 fully saturated rings. The Morgan fingerprint density at radius 1 is 1.20 bits per heavy atom. The molecule has 1 N–H and O–H groups in total. The minimum Gasteiger partial charge on any atom is -0.310 e. The lowest BCUT2D eigenvalue weighted by molar-refractivity contribution is 0.253. The van der Waals surface area contributed by atoms with Gasteiger partial charge in [0.1, 0.15) is 5.82 Å². The molecule has 4 unspecified atom stereocenters. The second-order valence-corrected chi connectivity index (χ2v) is 6.84. The first-order valence-electron chi connectivity index (χ1n) is 8.10. The molecule has 0 aromatic heterocycles. The number of rotatable bonds is 4. The summed E-state index contributed by atoms with van der Waals surface area (Å²) in [6, 6.07) is 4.52. The van der Waals surface area contributed by atoms with Gasteiger partial charge in [0, 0.05) is 6.04 Å². The predicted molar refractivity (Wildman–Crippen MR) is 81.2 cm³/mol. The summed E-state index contributed by atoms with van der Waals surface area (Å²) in [6.07, 6.45) is 5.61. The van der Waals surface area contributed by atoms with Gasteiger partial charge in [-0.25, -0.2) is 4.39 Å². The maximum Gasteiger partial charge on any atom is 0.129 e. The molecule has 1 aromatic carbocycles. The quantitative estimate of drug-likeness (QED) is 0.851. The molecule has 0 aliphatic heterocycles. The van der Waals surface area contributed by atoms with Gasteiger partial charge < -0.3 is 5.32 Å². The maximum atomic E-state index is 13.9. The van der Waals surface area contributed by atoms with Gasteiger partial charge in [0.15, 0.2) is 0 Å². The number of hydrogen-bond donors (Lipinski definition) is 1. The van der Waals surface area contributed by atoms with E-state index >= 15 is 0 Å². The summed E-state index contributed by atoms with van der Waals surface area (Å²) < 4.78 is 13.9. The highest BCUT2D eigenvalue weighted by molar-refractivity contribution is 5.33. The first kappa shape index (κ1) is 14.1. The van der Waals surface area contributed by atoms with Gasteiger partial charge in [0.25, 0.3) is 0 Å². The van der Waals surface area contributed by atoms with Crippen molar-refractivity contribution in [2.45, 2.75) is 52.5 Å². The summed E-state index contributed by atoms with van der Waals surface area (Å²) >= 11 is 0. The Morgan fingerprint density at radius 3 is 2.40 bits per heavy atom. The van der Waals surface area contributed by atoms with Crippen LogP contribution in [-0.4, -0.2) is 6.54 Å². The zero-order chi connectivity index (χ0) is 14.3. The Morgan fingerprint density at radius 2 is 1.90 bits per heavy atom. The number of halogens is 1. The van der Waals surface area contributed by atoms with Crippen molar-refractivity contribution in [1.82, 2.24) is 5.32 Å². The van der Waals surface area contributed by atoms with Crippen LogP contribution in [0.2, 0.25) is 0 Å². The minimum absolute atomic E-state index is 0.0445. The van der Waals surface area contributed by atoms with Crippen molar-refractivity contribution in [2.24, 2.45) is 17.8 Å². The molecule has 4 atom stereocenters. The molecule has 0 amide bonds. The van der Waals surface area contributed by atoms with Crippen LogP contribution in [0.15, 0.2) is 12.1 Å². The molecule has 3 rings (SSSR count). The van der Waals surface area contributed by atoms with Gasteiger partial charge in [-0.3, -0.25) is 0 Å². The zero-order valence-electron chi connectivity index (χ0n) is 12.9. The largest absolute Gasteiger partial charge is 0.310 e. The van der Waals surface area contributed by atoms with E-state index in [0.717, 1.165) is 35.4 Å². The number of benzene rings is 1. The fourth-order valence-electron chi connectivity index (χ4n) is 4.60. The normalized spacial score (nSPS) is 29.9. The molecule has 1 nitrogen and oxygen atoms in total. The zero-order valence-corrected chi connectivity index (χ0v) is 12.9. The van der Waals surface area contributed by atoms with Crippen LogP contribution in [0.1, 0.15) is 55.3 Å². The molecule has 2 aliphatic carbocycles. The Bertz CT molecular complexity index is 473. The second-order valence-electron chi connectivity index (χ2n) is 6.84. The third-order valence-electron chi connectivity index (χ3n) is 5.46. The van der Waals surface area contributed by atoms with Crippen molar-refractivity contribution < 1.29 is 4.39 Å². The van der Waals surface area contributed by atoms with Crippen LogP contribution < -0.4 is 5.32 Å². The molecule has 0 heterocycles. The molecule has 2 aliphatic rings. The highest BCUT2D eigenvalue weighted by Gasteiger charge is 2.43. The molecule has 0 radical (unpaired) electrons. The van der Waals surface area contributed by atoms with E-state index in [1.54, 1.807) is 0 Å². The molecule has 110 valence electrons. The van der Waals surface area contributed by atoms with Gasteiger partial charge in [-0.1, -0.05) is 25.5 Å². The summed E-state index contributed by atoms with van der Waals surface area (Å²) in [5, 5.41) is 3.68. The molecule has 2 heteroatoms. The van der Waals surface area contributed by atoms with E-state index < -0.39 is 0 Å². The van der Waals surface area contributed by atoms with Crippen LogP contribution in [0.25, 0.3) is 0 Å². The van der Waals surface area contributed by atoms with E-state index in [0.29, 0.717) is 6.04 Å². The minimum atomic E-state index is -0.0445. The summed E-state index contributed by atoms with van der Waals surface area (Å²) in [5.74, 6) is 2.54. The van der Waals surface area contributed by atoms with E-state index in [1.165, 1.54) is 31.2 Å². The van der Waals surface area contributed by atoms with E-state index in [1.807, 2.05) is 13.8 Å². The summed E-state index contributed by atoms with van der Waals surface area (Å²) in [6.45, 7) is 6.92. The molecule has 1 aromatic rings. The van der Waals surface area contributed by atoms with Crippen molar-refractivity contribution in [3.8, 4) is 0 Å². The van der Waals surface area contributed by atoms with Crippen molar-refractivity contribution in [3.63, 3.8) is 0 Å². The van der Waals surface area contributed by atoms with Crippen molar-refractivity contribution >= 4 is 0 Å². The third-order valence-corrected chi connectivity index (χ3v) is 5.46. The molecule has 2 saturated carbocycles. The summed E-state index contributed by atoms with van der Waals surface area (Å²) in [4.78, 5) is 0. The van der Waals surface area contributed by atoms with Gasteiger partial charge in [-0.05, 0) is 74.1 Å². The topological polar surface area (TPSA) is 12.0 Å². The van der Waals surface area contributed by atoms with Gasteiger partial charge in [-0.2, -0.15) is 0 Å². The summed E-state index contributed by atoms with van der Waals surface area (Å²) in [5.41, 5.74) is 2.86. The molecular weight excluding hydrogens is 249 g/mol. The highest BCUT2D eigenvalue weighted by atomic mass is 19.1.